The quantitative estimate of drug-likeness (QED) is 0.200. The number of hydrogen-bond acceptors (Lipinski definition) is 7. The zero-order chi connectivity index (χ0) is 32.4. The first kappa shape index (κ1) is 34.2. The molecular weight excluding hydrogens is 605 g/mol. The minimum absolute atomic E-state index is 0.0544. The summed E-state index contributed by atoms with van der Waals surface area (Å²) in [7, 11) is 2.70. The van der Waals surface area contributed by atoms with Crippen molar-refractivity contribution in [1.29, 1.82) is 0 Å². The third kappa shape index (κ3) is 9.09. The lowest BCUT2D eigenvalue weighted by atomic mass is 10.0. The summed E-state index contributed by atoms with van der Waals surface area (Å²) in [5.74, 6) is -1.22. The lowest BCUT2D eigenvalue weighted by molar-refractivity contribution is -0.275. The van der Waals surface area contributed by atoms with Gasteiger partial charge >= 0.3 is 12.3 Å². The number of carbonyl (C=O) groups is 2. The average Bonchev–Trinajstić information content (AvgIpc) is 3.40. The second kappa shape index (κ2) is 15.4. The summed E-state index contributed by atoms with van der Waals surface area (Å²) in [6, 6.07) is 13.1. The molecule has 1 amide bonds. The van der Waals surface area contributed by atoms with Crippen LogP contribution in [-0.4, -0.2) is 50.7 Å². The molecule has 0 bridgehead atoms. The molecule has 13 heteroatoms. The van der Waals surface area contributed by atoms with Gasteiger partial charge in [0, 0.05) is 47.9 Å². The van der Waals surface area contributed by atoms with E-state index in [2.05, 4.69) is 10.1 Å². The van der Waals surface area contributed by atoms with Gasteiger partial charge in [0.15, 0.2) is 11.5 Å². The third-order valence-corrected chi connectivity index (χ3v) is 6.68. The third-order valence-electron chi connectivity index (χ3n) is 6.43. The topological polar surface area (TPSA) is 107 Å². The molecule has 1 aliphatic heterocycles. The Morgan fingerprint density at radius 3 is 2.30 bits per heavy atom. The maximum atomic E-state index is 14.1. The zero-order valence-corrected chi connectivity index (χ0v) is 25.4. The van der Waals surface area contributed by atoms with Crippen molar-refractivity contribution >= 4 is 34.9 Å². The molecule has 3 aromatic rings. The molecule has 1 atom stereocenters. The van der Waals surface area contributed by atoms with Crippen LogP contribution in [0.4, 0.5) is 24.5 Å². The zero-order valence-electron chi connectivity index (χ0n) is 24.7. The van der Waals surface area contributed by atoms with Crippen molar-refractivity contribution in [2.45, 2.75) is 45.5 Å². The number of rotatable bonds is 12. The van der Waals surface area contributed by atoms with E-state index in [0.29, 0.717) is 46.2 Å². The van der Waals surface area contributed by atoms with Crippen LogP contribution < -0.4 is 29.2 Å². The van der Waals surface area contributed by atoms with Gasteiger partial charge in [-0.15, -0.1) is 13.2 Å². The van der Waals surface area contributed by atoms with Crippen molar-refractivity contribution in [3.63, 3.8) is 0 Å². The molecule has 0 aromatic heterocycles. The van der Waals surface area contributed by atoms with Crippen LogP contribution in [-0.2, 0) is 16.0 Å². The average molecular weight is 639 g/mol. The Morgan fingerprint density at radius 2 is 1.68 bits per heavy atom. The number of carboxylic acids is 1. The van der Waals surface area contributed by atoms with Crippen LogP contribution in [0.1, 0.15) is 43.9 Å². The van der Waals surface area contributed by atoms with Crippen molar-refractivity contribution < 1.29 is 46.8 Å². The van der Waals surface area contributed by atoms with Gasteiger partial charge in [0.25, 0.3) is 5.91 Å². The Balaban J connectivity index is 0.00000259. The van der Waals surface area contributed by atoms with Crippen LogP contribution in [0.2, 0.25) is 5.02 Å². The molecule has 238 valence electrons. The van der Waals surface area contributed by atoms with E-state index >= 15 is 0 Å². The van der Waals surface area contributed by atoms with Crippen LogP contribution in [0.3, 0.4) is 0 Å². The molecule has 0 spiro atoms. The Bertz CT molecular complexity index is 1430. The minimum atomic E-state index is -4.96. The molecule has 0 saturated carbocycles. The number of anilines is 2. The van der Waals surface area contributed by atoms with E-state index in [0.717, 1.165) is 6.07 Å². The predicted octanol–water partition coefficient (Wildman–Crippen LogP) is 7.27. The maximum absolute atomic E-state index is 14.1. The van der Waals surface area contributed by atoms with E-state index in [-0.39, 0.29) is 31.0 Å². The van der Waals surface area contributed by atoms with Gasteiger partial charge in [-0.25, -0.2) is 0 Å². The first-order valence-electron chi connectivity index (χ1n) is 13.8. The second-order valence-electron chi connectivity index (χ2n) is 9.29. The molecule has 0 fully saturated rings. The van der Waals surface area contributed by atoms with E-state index in [1.54, 1.807) is 42.5 Å². The molecule has 0 radical (unpaired) electrons. The largest absolute Gasteiger partial charge is 0.573 e. The van der Waals surface area contributed by atoms with E-state index in [1.165, 1.54) is 25.2 Å². The van der Waals surface area contributed by atoms with Gasteiger partial charge in [-0.1, -0.05) is 37.6 Å². The Kier molecular flexibility index (Phi) is 12.0. The van der Waals surface area contributed by atoms with Gasteiger partial charge in [-0.3, -0.25) is 9.59 Å². The number of carboxylic acid groups (broad SMARTS) is 1. The highest BCUT2D eigenvalue weighted by atomic mass is 35.5. The molecule has 1 aliphatic rings. The Hall–Kier alpha value is -4.32. The van der Waals surface area contributed by atoms with Crippen LogP contribution in [0.15, 0.2) is 54.6 Å². The first-order chi connectivity index (χ1) is 21.0. The lowest BCUT2D eigenvalue weighted by Crippen LogP contribution is -2.37. The van der Waals surface area contributed by atoms with E-state index < -0.39 is 30.0 Å². The van der Waals surface area contributed by atoms with Crippen molar-refractivity contribution in [3.8, 4) is 23.0 Å². The summed E-state index contributed by atoms with van der Waals surface area (Å²) in [5, 5.41) is 12.5. The van der Waals surface area contributed by atoms with Crippen molar-refractivity contribution in [3.05, 3.63) is 70.7 Å². The van der Waals surface area contributed by atoms with Crippen molar-refractivity contribution in [2.75, 3.05) is 37.6 Å². The molecule has 44 heavy (non-hydrogen) atoms. The van der Waals surface area contributed by atoms with Gasteiger partial charge in [-0.2, -0.15) is 0 Å². The number of nitrogens with one attached hydrogen (secondary N) is 1. The second-order valence-corrected chi connectivity index (χ2v) is 9.73. The molecule has 2 N–H and O–H groups in total. The number of alkyl halides is 3. The first-order valence-corrected chi connectivity index (χ1v) is 14.2. The number of hydrogen-bond donors (Lipinski definition) is 2. The van der Waals surface area contributed by atoms with E-state index in [1.807, 2.05) is 13.8 Å². The minimum Gasteiger partial charge on any atom is -0.497 e. The molecular formula is C31H34ClF3N2O7. The smallest absolute Gasteiger partial charge is 0.497 e. The number of ether oxygens (including phenoxy) is 4. The fourth-order valence-electron chi connectivity index (χ4n) is 4.52. The molecule has 0 saturated heterocycles. The van der Waals surface area contributed by atoms with Crippen LogP contribution in [0.25, 0.3) is 0 Å². The summed E-state index contributed by atoms with van der Waals surface area (Å²) in [4.78, 5) is 26.3. The summed E-state index contributed by atoms with van der Waals surface area (Å²) < 4.78 is 59.6. The molecule has 1 heterocycles. The normalized spacial score (nSPS) is 12.8. The number of halogens is 4. The highest BCUT2D eigenvalue weighted by Gasteiger charge is 2.36. The highest BCUT2D eigenvalue weighted by molar-refractivity contribution is 6.30. The maximum Gasteiger partial charge on any atom is 0.573 e. The fraction of sp³-hybridized carbons (Fsp3) is 0.355. The Labute approximate surface area is 258 Å². The summed E-state index contributed by atoms with van der Waals surface area (Å²) in [6.45, 7) is 4.36. The van der Waals surface area contributed by atoms with Crippen molar-refractivity contribution in [1.82, 2.24) is 0 Å². The number of methoxy groups -OCH3 is 2. The summed E-state index contributed by atoms with van der Waals surface area (Å²) in [5.41, 5.74) is 1.90. The molecule has 4 rings (SSSR count). The number of benzene rings is 3. The molecule has 1 unspecified atom stereocenters. The van der Waals surface area contributed by atoms with E-state index in [9.17, 15) is 22.8 Å². The standard InChI is InChI=1S/C29H28ClF3N2O7.C2H6/c1-39-21-13-20(14-22(15-21)41-11-3-4-26(36)37)34-27(17-5-7-19(30)8-6-17)28(38)35-10-9-18-12-24(40-2)25(16-23(18)35)42-29(31,32)33;1-2/h5-8,12-16,27,34H,3-4,9-11H2,1-2H3,(H,36,37);1-2H3. The number of aliphatic carboxylic acids is 1. The summed E-state index contributed by atoms with van der Waals surface area (Å²) in [6.07, 6.45) is -4.33. The summed E-state index contributed by atoms with van der Waals surface area (Å²) >= 11 is 6.09. The van der Waals surface area contributed by atoms with Gasteiger partial charge < -0.3 is 34.3 Å². The Morgan fingerprint density at radius 1 is 1.00 bits per heavy atom. The van der Waals surface area contributed by atoms with Gasteiger partial charge in [-0.05, 0) is 42.2 Å². The van der Waals surface area contributed by atoms with Gasteiger partial charge in [0.05, 0.1) is 26.5 Å². The van der Waals surface area contributed by atoms with Crippen LogP contribution in [0, 0.1) is 0 Å². The number of nitrogens with zero attached hydrogens (tertiary/aromatic N) is 1. The van der Waals surface area contributed by atoms with Gasteiger partial charge in [0.1, 0.15) is 17.5 Å². The molecule has 3 aromatic carbocycles. The lowest BCUT2D eigenvalue weighted by Gasteiger charge is -2.27. The number of carbonyl (C=O) groups excluding carboxylic acids is 1. The number of amides is 1. The van der Waals surface area contributed by atoms with Crippen LogP contribution in [0.5, 0.6) is 23.0 Å². The van der Waals surface area contributed by atoms with Crippen LogP contribution >= 0.6 is 11.6 Å². The predicted molar refractivity (Wildman–Crippen MR) is 160 cm³/mol. The monoisotopic (exact) mass is 638 g/mol. The van der Waals surface area contributed by atoms with E-state index in [4.69, 9.17) is 30.9 Å². The van der Waals surface area contributed by atoms with Crippen molar-refractivity contribution in [2.24, 2.45) is 0 Å². The molecule has 9 nitrogen and oxygen atoms in total. The highest BCUT2D eigenvalue weighted by Crippen LogP contribution is 2.42. The molecule has 0 aliphatic carbocycles. The van der Waals surface area contributed by atoms with Gasteiger partial charge in [0.2, 0.25) is 0 Å². The SMILES string of the molecule is CC.COc1cc(NC(C(=O)N2CCc3cc(OC)c(OC(F)(F)F)cc32)c2ccc(Cl)cc2)cc(OCCCC(=O)O)c1. The fourth-order valence-corrected chi connectivity index (χ4v) is 4.65. The number of fused-ring (bicyclic) bond motifs is 1.